The number of ether oxygens (including phenoxy) is 1. The Morgan fingerprint density at radius 3 is 2.68 bits per heavy atom. The van der Waals surface area contributed by atoms with Crippen molar-refractivity contribution in [3.8, 4) is 5.82 Å². The van der Waals surface area contributed by atoms with Crippen LogP contribution >= 0.6 is 24.0 Å². The molecule has 2 rings (SSSR count). The fourth-order valence-corrected chi connectivity index (χ4v) is 2.41. The summed E-state index contributed by atoms with van der Waals surface area (Å²) in [6.07, 6.45) is 0. The monoisotopic (exact) mass is 387 g/mol. The molecule has 0 aromatic carbocycles. The van der Waals surface area contributed by atoms with E-state index in [1.54, 1.807) is 23.9 Å². The Hall–Kier alpha value is -1.67. The maximum atomic E-state index is 12.3. The molecule has 0 bridgehead atoms. The van der Waals surface area contributed by atoms with Crippen LogP contribution in [0, 0.1) is 13.8 Å². The molecule has 2 aromatic rings. The molecule has 2 aromatic heterocycles. The minimum absolute atomic E-state index is 0. The van der Waals surface area contributed by atoms with Gasteiger partial charge in [0.1, 0.15) is 5.69 Å². The van der Waals surface area contributed by atoms with Gasteiger partial charge in [-0.2, -0.15) is 5.10 Å². The molecule has 2 N–H and O–H groups in total. The standard InChI is InChI=1S/C16H22ClN5O2.ClH/c1-11-10-12(2)22(21-11)14-5-4-13(17)15(20-14)16(23)19-7-6-18-8-9-24-3;/h4-5,10,18H,6-9H2,1-3H3,(H,19,23);1H. The first-order valence-electron chi connectivity index (χ1n) is 7.71. The van der Waals surface area contributed by atoms with E-state index < -0.39 is 0 Å². The van der Waals surface area contributed by atoms with Crippen LogP contribution in [0.4, 0.5) is 0 Å². The lowest BCUT2D eigenvalue weighted by atomic mass is 10.3. The summed E-state index contributed by atoms with van der Waals surface area (Å²) in [5, 5.41) is 10.6. The molecule has 138 valence electrons. The summed E-state index contributed by atoms with van der Waals surface area (Å²) in [5.74, 6) is 0.255. The number of amides is 1. The van der Waals surface area contributed by atoms with E-state index in [1.807, 2.05) is 19.9 Å². The Kier molecular flexibility index (Phi) is 8.85. The lowest BCUT2D eigenvalue weighted by Crippen LogP contribution is -2.33. The smallest absolute Gasteiger partial charge is 0.271 e. The maximum Gasteiger partial charge on any atom is 0.271 e. The first-order chi connectivity index (χ1) is 11.5. The lowest BCUT2D eigenvalue weighted by molar-refractivity contribution is 0.0949. The van der Waals surface area contributed by atoms with Crippen molar-refractivity contribution in [2.75, 3.05) is 33.4 Å². The number of methoxy groups -OCH3 is 1. The SMILES string of the molecule is COCCNCCNC(=O)c1nc(-n2nc(C)cc2C)ccc1Cl.Cl. The van der Waals surface area contributed by atoms with Crippen molar-refractivity contribution >= 4 is 29.9 Å². The number of nitrogens with zero attached hydrogens (tertiary/aromatic N) is 3. The van der Waals surface area contributed by atoms with E-state index >= 15 is 0 Å². The fourth-order valence-electron chi connectivity index (χ4n) is 2.22. The minimum Gasteiger partial charge on any atom is -0.383 e. The van der Waals surface area contributed by atoms with Crippen molar-refractivity contribution in [1.82, 2.24) is 25.4 Å². The van der Waals surface area contributed by atoms with Gasteiger partial charge < -0.3 is 15.4 Å². The number of nitrogens with one attached hydrogen (secondary N) is 2. The van der Waals surface area contributed by atoms with Crippen LogP contribution in [0.1, 0.15) is 21.9 Å². The van der Waals surface area contributed by atoms with E-state index in [2.05, 4.69) is 20.7 Å². The number of carbonyl (C=O) groups is 1. The van der Waals surface area contributed by atoms with Crippen LogP contribution in [0.3, 0.4) is 0 Å². The van der Waals surface area contributed by atoms with Gasteiger partial charge in [-0.25, -0.2) is 9.67 Å². The number of aryl methyl sites for hydroxylation is 2. The second kappa shape index (κ2) is 10.4. The highest BCUT2D eigenvalue weighted by atomic mass is 35.5. The number of hydrogen-bond donors (Lipinski definition) is 2. The predicted octanol–water partition coefficient (Wildman–Crippen LogP) is 1.93. The molecule has 9 heteroatoms. The van der Waals surface area contributed by atoms with Crippen LogP contribution in [0.2, 0.25) is 5.02 Å². The van der Waals surface area contributed by atoms with E-state index in [0.29, 0.717) is 30.5 Å². The van der Waals surface area contributed by atoms with Crippen molar-refractivity contribution in [2.45, 2.75) is 13.8 Å². The molecule has 2 heterocycles. The van der Waals surface area contributed by atoms with Crippen LogP contribution in [0.25, 0.3) is 5.82 Å². The largest absolute Gasteiger partial charge is 0.383 e. The second-order valence-corrected chi connectivity index (χ2v) is 5.74. The highest BCUT2D eigenvalue weighted by Gasteiger charge is 2.14. The number of pyridine rings is 1. The van der Waals surface area contributed by atoms with Gasteiger partial charge in [0, 0.05) is 32.4 Å². The van der Waals surface area contributed by atoms with Crippen LogP contribution in [0.15, 0.2) is 18.2 Å². The van der Waals surface area contributed by atoms with Gasteiger partial charge in [-0.1, -0.05) is 11.6 Å². The van der Waals surface area contributed by atoms with E-state index in [1.165, 1.54) is 0 Å². The third-order valence-electron chi connectivity index (χ3n) is 3.34. The number of carbonyl (C=O) groups excluding carboxylic acids is 1. The number of aromatic nitrogens is 3. The first-order valence-corrected chi connectivity index (χ1v) is 8.08. The van der Waals surface area contributed by atoms with Gasteiger partial charge in [-0.3, -0.25) is 4.79 Å². The van der Waals surface area contributed by atoms with Crippen molar-refractivity contribution < 1.29 is 9.53 Å². The van der Waals surface area contributed by atoms with Gasteiger partial charge in [0.15, 0.2) is 5.82 Å². The molecule has 0 aliphatic heterocycles. The number of halogens is 2. The molecule has 7 nitrogen and oxygen atoms in total. The van der Waals surface area contributed by atoms with E-state index in [4.69, 9.17) is 16.3 Å². The van der Waals surface area contributed by atoms with Gasteiger partial charge in [-0.15, -0.1) is 12.4 Å². The molecule has 0 radical (unpaired) electrons. The average molecular weight is 388 g/mol. The topological polar surface area (TPSA) is 81.1 Å². The van der Waals surface area contributed by atoms with E-state index in [-0.39, 0.29) is 24.0 Å². The molecule has 0 aliphatic rings. The Labute approximate surface area is 158 Å². The molecular weight excluding hydrogens is 365 g/mol. The number of hydrogen-bond acceptors (Lipinski definition) is 5. The van der Waals surface area contributed by atoms with Gasteiger partial charge in [0.2, 0.25) is 0 Å². The molecule has 0 saturated carbocycles. The number of rotatable bonds is 8. The highest BCUT2D eigenvalue weighted by Crippen LogP contribution is 2.17. The molecule has 1 amide bonds. The van der Waals surface area contributed by atoms with Crippen LogP contribution in [0.5, 0.6) is 0 Å². The van der Waals surface area contributed by atoms with Crippen molar-refractivity contribution in [3.05, 3.63) is 40.3 Å². The summed E-state index contributed by atoms with van der Waals surface area (Å²) in [5.41, 5.74) is 2.02. The lowest BCUT2D eigenvalue weighted by Gasteiger charge is -2.09. The van der Waals surface area contributed by atoms with Gasteiger partial charge in [0.25, 0.3) is 5.91 Å². The Bertz CT molecular complexity index is 706. The summed E-state index contributed by atoms with van der Waals surface area (Å²) >= 11 is 6.12. The van der Waals surface area contributed by atoms with Crippen molar-refractivity contribution in [3.63, 3.8) is 0 Å². The fraction of sp³-hybridized carbons (Fsp3) is 0.438. The van der Waals surface area contributed by atoms with Crippen LogP contribution in [-0.2, 0) is 4.74 Å². The summed E-state index contributed by atoms with van der Waals surface area (Å²) in [6.45, 7) is 6.32. The summed E-state index contributed by atoms with van der Waals surface area (Å²) in [4.78, 5) is 16.6. The quantitative estimate of drug-likeness (QED) is 0.676. The Balaban J connectivity index is 0.00000312. The van der Waals surface area contributed by atoms with Gasteiger partial charge in [0.05, 0.1) is 17.3 Å². The second-order valence-electron chi connectivity index (χ2n) is 5.34. The average Bonchev–Trinajstić information content (AvgIpc) is 2.89. The van der Waals surface area contributed by atoms with Crippen LogP contribution in [-0.4, -0.2) is 54.0 Å². The molecule has 0 aliphatic carbocycles. The minimum atomic E-state index is -0.308. The highest BCUT2D eigenvalue weighted by molar-refractivity contribution is 6.33. The zero-order valence-corrected chi connectivity index (χ0v) is 16.1. The summed E-state index contributed by atoms with van der Waals surface area (Å²) < 4.78 is 6.62. The molecule has 0 spiro atoms. The van der Waals surface area contributed by atoms with Gasteiger partial charge in [-0.05, 0) is 32.0 Å². The predicted molar refractivity (Wildman–Crippen MR) is 100 cm³/mol. The molecule has 0 unspecified atom stereocenters. The van der Waals surface area contributed by atoms with Crippen LogP contribution < -0.4 is 10.6 Å². The van der Waals surface area contributed by atoms with Gasteiger partial charge >= 0.3 is 0 Å². The van der Waals surface area contributed by atoms with Crippen molar-refractivity contribution in [2.24, 2.45) is 0 Å². The third-order valence-corrected chi connectivity index (χ3v) is 3.65. The van der Waals surface area contributed by atoms with E-state index in [0.717, 1.165) is 17.9 Å². The molecule has 0 atom stereocenters. The molecule has 0 saturated heterocycles. The Morgan fingerprint density at radius 2 is 2.04 bits per heavy atom. The maximum absolute atomic E-state index is 12.3. The summed E-state index contributed by atoms with van der Waals surface area (Å²) in [6, 6.07) is 5.35. The Morgan fingerprint density at radius 1 is 1.28 bits per heavy atom. The van der Waals surface area contributed by atoms with Crippen molar-refractivity contribution in [1.29, 1.82) is 0 Å². The zero-order valence-electron chi connectivity index (χ0n) is 14.5. The molecule has 0 fully saturated rings. The normalized spacial score (nSPS) is 10.4. The van der Waals surface area contributed by atoms with E-state index in [9.17, 15) is 4.79 Å². The first kappa shape index (κ1) is 21.4. The zero-order chi connectivity index (χ0) is 17.5. The molecule has 25 heavy (non-hydrogen) atoms. The third kappa shape index (κ3) is 5.97. The summed E-state index contributed by atoms with van der Waals surface area (Å²) in [7, 11) is 1.65. The molecular formula is C16H23Cl2N5O2.